The summed E-state index contributed by atoms with van der Waals surface area (Å²) >= 11 is 0. The average Bonchev–Trinajstić information content (AvgIpc) is 3.44. The topological polar surface area (TPSA) is 77.6 Å². The third-order valence-corrected chi connectivity index (χ3v) is 3.72. The first-order valence-electron chi connectivity index (χ1n) is 8.88. The molecule has 1 fully saturated rings. The molecule has 0 saturated heterocycles. The Morgan fingerprint density at radius 2 is 1.83 bits per heavy atom. The number of carbonyl (C=O) groups excluding carboxylic acids is 1. The molecule has 1 aliphatic carbocycles. The van der Waals surface area contributed by atoms with Gasteiger partial charge in [-0.1, -0.05) is 18.2 Å². The lowest BCUT2D eigenvalue weighted by Crippen LogP contribution is -2.41. The minimum absolute atomic E-state index is 0.186. The number of rotatable bonds is 10. The average molecular weight is 331 g/mol. The van der Waals surface area contributed by atoms with Gasteiger partial charge in [0.25, 0.3) is 0 Å². The summed E-state index contributed by atoms with van der Waals surface area (Å²) in [6.07, 6.45) is 3.05. The Labute approximate surface area is 144 Å². The predicted molar refractivity (Wildman–Crippen MR) is 99.3 cm³/mol. The van der Waals surface area contributed by atoms with E-state index in [0.29, 0.717) is 13.1 Å². The number of aliphatic imine (C=N–C) groups is 1. The highest BCUT2D eigenvalue weighted by molar-refractivity contribution is 5.81. The van der Waals surface area contributed by atoms with Gasteiger partial charge in [-0.3, -0.25) is 9.79 Å². The highest BCUT2D eigenvalue weighted by Crippen LogP contribution is 2.28. The van der Waals surface area contributed by atoms with Crippen molar-refractivity contribution >= 4 is 17.6 Å². The van der Waals surface area contributed by atoms with Crippen molar-refractivity contribution < 1.29 is 4.79 Å². The fraction of sp³-hybridized carbons (Fsp3) is 0.556. The molecule has 24 heavy (non-hydrogen) atoms. The molecule has 0 bridgehead atoms. The summed E-state index contributed by atoms with van der Waals surface area (Å²) in [6, 6.07) is 10.2. The van der Waals surface area contributed by atoms with Crippen LogP contribution in [0.1, 0.15) is 26.2 Å². The molecule has 1 saturated carbocycles. The van der Waals surface area contributed by atoms with Gasteiger partial charge in [-0.2, -0.15) is 0 Å². The van der Waals surface area contributed by atoms with Gasteiger partial charge in [0, 0.05) is 44.3 Å². The maximum absolute atomic E-state index is 11.5. The molecule has 6 heteroatoms. The quantitative estimate of drug-likeness (QED) is 0.298. The van der Waals surface area contributed by atoms with Crippen LogP contribution in [0.4, 0.5) is 5.69 Å². The highest BCUT2D eigenvalue weighted by atomic mass is 16.2. The fourth-order valence-electron chi connectivity index (χ4n) is 2.26. The number of nitrogens with zero attached hydrogens (tertiary/aromatic N) is 1. The second-order valence-electron chi connectivity index (χ2n) is 5.90. The van der Waals surface area contributed by atoms with E-state index in [1.807, 2.05) is 25.1 Å². The van der Waals surface area contributed by atoms with Gasteiger partial charge in [0.15, 0.2) is 5.96 Å². The minimum atomic E-state index is 0.186. The smallest absolute Gasteiger partial charge is 0.223 e. The van der Waals surface area contributed by atoms with Crippen LogP contribution >= 0.6 is 0 Å². The second-order valence-corrected chi connectivity index (χ2v) is 5.90. The van der Waals surface area contributed by atoms with Crippen molar-refractivity contribution in [3.8, 4) is 0 Å². The largest absolute Gasteiger partial charge is 0.385 e. The molecule has 0 radical (unpaired) electrons. The zero-order valence-corrected chi connectivity index (χ0v) is 14.5. The monoisotopic (exact) mass is 331 g/mol. The van der Waals surface area contributed by atoms with Crippen LogP contribution in [0, 0.1) is 5.92 Å². The molecule has 0 heterocycles. The molecule has 0 aromatic heterocycles. The summed E-state index contributed by atoms with van der Waals surface area (Å²) in [5.41, 5.74) is 1.14. The van der Waals surface area contributed by atoms with Gasteiger partial charge in [0.05, 0.1) is 0 Å². The van der Waals surface area contributed by atoms with Crippen molar-refractivity contribution in [3.05, 3.63) is 30.3 Å². The van der Waals surface area contributed by atoms with Crippen molar-refractivity contribution in [1.82, 2.24) is 16.0 Å². The highest BCUT2D eigenvalue weighted by Gasteiger charge is 2.28. The molecule has 132 valence electrons. The van der Waals surface area contributed by atoms with Crippen LogP contribution in [0.2, 0.25) is 0 Å². The summed E-state index contributed by atoms with van der Waals surface area (Å²) < 4.78 is 0. The molecule has 1 aliphatic rings. The van der Waals surface area contributed by atoms with Gasteiger partial charge >= 0.3 is 0 Å². The van der Waals surface area contributed by atoms with E-state index in [-0.39, 0.29) is 11.8 Å². The van der Waals surface area contributed by atoms with E-state index in [2.05, 4.69) is 38.4 Å². The molecule has 1 aromatic carbocycles. The van der Waals surface area contributed by atoms with Gasteiger partial charge in [0.2, 0.25) is 5.91 Å². The van der Waals surface area contributed by atoms with Crippen molar-refractivity contribution in [2.75, 3.05) is 38.0 Å². The number of guanidine groups is 1. The van der Waals surface area contributed by atoms with Crippen molar-refractivity contribution in [3.63, 3.8) is 0 Å². The Morgan fingerprint density at radius 1 is 1.08 bits per heavy atom. The van der Waals surface area contributed by atoms with Crippen LogP contribution in [0.5, 0.6) is 0 Å². The van der Waals surface area contributed by atoms with E-state index in [1.54, 1.807) is 0 Å². The van der Waals surface area contributed by atoms with Crippen LogP contribution in [0.25, 0.3) is 0 Å². The Bertz CT molecular complexity index is 513. The maximum Gasteiger partial charge on any atom is 0.223 e. The second kappa shape index (κ2) is 10.5. The van der Waals surface area contributed by atoms with Crippen LogP contribution in [-0.2, 0) is 4.79 Å². The molecule has 0 aliphatic heterocycles. The Hall–Kier alpha value is -2.24. The number of hydrogen-bond donors (Lipinski definition) is 4. The van der Waals surface area contributed by atoms with Crippen molar-refractivity contribution in [2.45, 2.75) is 26.2 Å². The molecule has 0 unspecified atom stereocenters. The van der Waals surface area contributed by atoms with Crippen molar-refractivity contribution in [1.29, 1.82) is 0 Å². The number of hydrogen-bond acceptors (Lipinski definition) is 3. The molecule has 0 spiro atoms. The van der Waals surface area contributed by atoms with Crippen LogP contribution in [-0.4, -0.2) is 44.6 Å². The molecular formula is C18H29N5O. The van der Waals surface area contributed by atoms with Gasteiger partial charge in [-0.25, -0.2) is 0 Å². The Balaban J connectivity index is 1.57. The number of carbonyl (C=O) groups is 1. The van der Waals surface area contributed by atoms with Gasteiger partial charge < -0.3 is 21.3 Å². The third kappa shape index (κ3) is 7.35. The zero-order valence-electron chi connectivity index (χ0n) is 14.5. The summed E-state index contributed by atoms with van der Waals surface area (Å²) in [6.45, 7) is 5.83. The lowest BCUT2D eigenvalue weighted by molar-refractivity contribution is -0.122. The van der Waals surface area contributed by atoms with E-state index in [9.17, 15) is 4.79 Å². The van der Waals surface area contributed by atoms with Crippen LogP contribution < -0.4 is 21.3 Å². The fourth-order valence-corrected chi connectivity index (χ4v) is 2.26. The number of benzene rings is 1. The zero-order chi connectivity index (χ0) is 17.0. The summed E-state index contributed by atoms with van der Waals surface area (Å²) in [5, 5.41) is 12.8. The van der Waals surface area contributed by atoms with E-state index in [0.717, 1.165) is 50.5 Å². The van der Waals surface area contributed by atoms with Crippen LogP contribution in [0.15, 0.2) is 35.3 Å². The molecule has 2 rings (SSSR count). The van der Waals surface area contributed by atoms with E-state index >= 15 is 0 Å². The third-order valence-electron chi connectivity index (χ3n) is 3.72. The summed E-state index contributed by atoms with van der Waals surface area (Å²) in [7, 11) is 0. The van der Waals surface area contributed by atoms with Gasteiger partial charge in [-0.05, 0) is 38.3 Å². The normalized spacial score (nSPS) is 14.1. The summed E-state index contributed by atoms with van der Waals surface area (Å²) in [4.78, 5) is 16.1. The number of anilines is 1. The summed E-state index contributed by atoms with van der Waals surface area (Å²) in [5.74, 6) is 1.26. The first kappa shape index (κ1) is 18.1. The van der Waals surface area contributed by atoms with E-state index in [4.69, 9.17) is 0 Å². The number of amides is 1. The first-order chi connectivity index (χ1) is 11.8. The molecule has 4 N–H and O–H groups in total. The lowest BCUT2D eigenvalue weighted by atomic mass is 10.3. The molecule has 1 amide bonds. The predicted octanol–water partition coefficient (Wildman–Crippen LogP) is 1.57. The Morgan fingerprint density at radius 3 is 2.54 bits per heavy atom. The maximum atomic E-state index is 11.5. The van der Waals surface area contributed by atoms with Gasteiger partial charge in [0.1, 0.15) is 0 Å². The van der Waals surface area contributed by atoms with E-state index in [1.165, 1.54) is 0 Å². The first-order valence-corrected chi connectivity index (χ1v) is 8.88. The Kier molecular flexibility index (Phi) is 7.93. The van der Waals surface area contributed by atoms with E-state index < -0.39 is 0 Å². The lowest BCUT2D eigenvalue weighted by Gasteiger charge is -2.12. The molecule has 6 nitrogen and oxygen atoms in total. The number of nitrogens with one attached hydrogen (secondary N) is 4. The molecule has 0 atom stereocenters. The van der Waals surface area contributed by atoms with Crippen molar-refractivity contribution in [2.24, 2.45) is 10.9 Å². The standard InChI is InChI=1S/C18H29N5O/c1-2-19-18(23-14-13-21-17(24)15-9-10-15)22-12-6-11-20-16-7-4-3-5-8-16/h3-5,7-8,15,20H,2,6,9-14H2,1H3,(H,21,24)(H2,19,22,23). The van der Waals surface area contributed by atoms with Gasteiger partial charge in [-0.15, -0.1) is 0 Å². The number of para-hydroxylation sites is 1. The molecular weight excluding hydrogens is 302 g/mol. The SMILES string of the molecule is CCNC(=NCCCNc1ccccc1)NCCNC(=O)C1CC1. The minimum Gasteiger partial charge on any atom is -0.385 e. The molecule has 1 aromatic rings. The van der Waals surface area contributed by atoms with Crippen LogP contribution in [0.3, 0.4) is 0 Å².